The Morgan fingerprint density at radius 3 is 2.50 bits per heavy atom. The van der Waals surface area contributed by atoms with Gasteiger partial charge in [0.05, 0.1) is 18.0 Å². The molecule has 0 aliphatic rings. The van der Waals surface area contributed by atoms with Crippen LogP contribution >= 0.6 is 0 Å². The van der Waals surface area contributed by atoms with Crippen LogP contribution in [-0.2, 0) is 11.3 Å². The minimum atomic E-state index is 0.575. The van der Waals surface area contributed by atoms with Gasteiger partial charge in [0.1, 0.15) is 0 Å². The van der Waals surface area contributed by atoms with Crippen LogP contribution in [0.1, 0.15) is 11.1 Å². The van der Waals surface area contributed by atoms with Gasteiger partial charge in [0.15, 0.2) is 0 Å². The maximum atomic E-state index is 5.68. The van der Waals surface area contributed by atoms with Crippen molar-refractivity contribution in [3.05, 3.63) is 23.3 Å². The van der Waals surface area contributed by atoms with Gasteiger partial charge in [0, 0.05) is 7.11 Å². The summed E-state index contributed by atoms with van der Waals surface area (Å²) >= 11 is 0. The van der Waals surface area contributed by atoms with Crippen molar-refractivity contribution >= 4 is 11.4 Å². The van der Waals surface area contributed by atoms with Crippen molar-refractivity contribution in [2.75, 3.05) is 18.6 Å². The number of nitrogen functional groups attached to an aromatic ring is 2. The lowest BCUT2D eigenvalue weighted by atomic mass is 10.1. The second-order valence-electron chi connectivity index (χ2n) is 2.85. The van der Waals surface area contributed by atoms with Gasteiger partial charge in [-0.05, 0) is 24.1 Å². The minimum Gasteiger partial charge on any atom is -0.397 e. The Bertz CT molecular complexity index is 261. The lowest BCUT2D eigenvalue weighted by Gasteiger charge is -2.07. The Kier molecular flexibility index (Phi) is 2.55. The summed E-state index contributed by atoms with van der Waals surface area (Å²) in [6.45, 7) is 2.51. The maximum absolute atomic E-state index is 5.68. The topological polar surface area (TPSA) is 61.3 Å². The predicted octanol–water partition coefficient (Wildman–Crippen LogP) is 1.31. The second kappa shape index (κ2) is 3.45. The molecule has 0 fully saturated rings. The van der Waals surface area contributed by atoms with Crippen LogP contribution in [0.15, 0.2) is 12.1 Å². The molecule has 0 spiro atoms. The van der Waals surface area contributed by atoms with Gasteiger partial charge in [-0.2, -0.15) is 0 Å². The van der Waals surface area contributed by atoms with Crippen molar-refractivity contribution in [1.82, 2.24) is 0 Å². The van der Waals surface area contributed by atoms with E-state index >= 15 is 0 Å². The minimum absolute atomic E-state index is 0.575. The molecule has 0 aliphatic carbocycles. The molecule has 0 amide bonds. The number of ether oxygens (including phenoxy) is 1. The average Bonchev–Trinajstić information content (AvgIpc) is 2.01. The summed E-state index contributed by atoms with van der Waals surface area (Å²) in [5, 5.41) is 0. The molecule has 0 unspecified atom stereocenters. The van der Waals surface area contributed by atoms with Gasteiger partial charge >= 0.3 is 0 Å². The van der Waals surface area contributed by atoms with E-state index in [1.165, 1.54) is 0 Å². The van der Waals surface area contributed by atoms with Gasteiger partial charge in [-0.25, -0.2) is 0 Å². The summed E-state index contributed by atoms with van der Waals surface area (Å²) in [6.07, 6.45) is 0. The number of nitrogens with two attached hydrogens (primary N) is 2. The number of rotatable bonds is 2. The van der Waals surface area contributed by atoms with E-state index in [9.17, 15) is 0 Å². The highest BCUT2D eigenvalue weighted by Crippen LogP contribution is 2.21. The zero-order valence-electron chi connectivity index (χ0n) is 7.42. The fourth-order valence-corrected chi connectivity index (χ4v) is 1.15. The van der Waals surface area contributed by atoms with E-state index in [1.54, 1.807) is 7.11 Å². The van der Waals surface area contributed by atoms with Gasteiger partial charge in [-0.15, -0.1) is 0 Å². The number of hydrogen-bond acceptors (Lipinski definition) is 3. The first-order chi connectivity index (χ1) is 5.65. The SMILES string of the molecule is COCc1cc(C)c(N)c(N)c1. The molecule has 1 aromatic carbocycles. The van der Waals surface area contributed by atoms with E-state index in [4.69, 9.17) is 16.2 Å². The quantitative estimate of drug-likeness (QED) is 0.651. The average molecular weight is 166 g/mol. The largest absolute Gasteiger partial charge is 0.397 e. The summed E-state index contributed by atoms with van der Waals surface area (Å²) in [5.74, 6) is 0. The van der Waals surface area contributed by atoms with Crippen LogP contribution in [0.4, 0.5) is 11.4 Å². The van der Waals surface area contributed by atoms with Crippen LogP contribution in [-0.4, -0.2) is 7.11 Å². The third-order valence-electron chi connectivity index (χ3n) is 1.79. The molecule has 0 aromatic heterocycles. The van der Waals surface area contributed by atoms with Gasteiger partial charge in [0.25, 0.3) is 0 Å². The molecule has 4 N–H and O–H groups in total. The van der Waals surface area contributed by atoms with Crippen molar-refractivity contribution < 1.29 is 4.74 Å². The molecule has 0 saturated heterocycles. The number of hydrogen-bond donors (Lipinski definition) is 2. The first kappa shape index (κ1) is 8.87. The van der Waals surface area contributed by atoms with Crippen LogP contribution in [0.5, 0.6) is 0 Å². The first-order valence-corrected chi connectivity index (χ1v) is 3.78. The van der Waals surface area contributed by atoms with Crippen molar-refractivity contribution in [2.24, 2.45) is 0 Å². The highest BCUT2D eigenvalue weighted by molar-refractivity contribution is 5.68. The lowest BCUT2D eigenvalue weighted by molar-refractivity contribution is 0.185. The van der Waals surface area contributed by atoms with E-state index in [0.717, 1.165) is 11.1 Å². The molecule has 1 rings (SSSR count). The fourth-order valence-electron chi connectivity index (χ4n) is 1.15. The molecule has 0 atom stereocenters. The van der Waals surface area contributed by atoms with E-state index < -0.39 is 0 Å². The highest BCUT2D eigenvalue weighted by atomic mass is 16.5. The molecule has 0 heterocycles. The predicted molar refractivity (Wildman–Crippen MR) is 50.7 cm³/mol. The molecule has 66 valence electrons. The summed E-state index contributed by atoms with van der Waals surface area (Å²) < 4.78 is 4.98. The summed E-state index contributed by atoms with van der Waals surface area (Å²) in [7, 11) is 1.65. The zero-order chi connectivity index (χ0) is 9.14. The molecule has 3 heteroatoms. The van der Waals surface area contributed by atoms with Crippen molar-refractivity contribution in [2.45, 2.75) is 13.5 Å². The van der Waals surface area contributed by atoms with E-state index in [-0.39, 0.29) is 0 Å². The maximum Gasteiger partial charge on any atom is 0.0713 e. The molecule has 3 nitrogen and oxygen atoms in total. The van der Waals surface area contributed by atoms with Crippen LogP contribution < -0.4 is 11.5 Å². The number of aryl methyl sites for hydroxylation is 1. The molecule has 0 saturated carbocycles. The lowest BCUT2D eigenvalue weighted by Crippen LogP contribution is -1.99. The fraction of sp³-hybridized carbons (Fsp3) is 0.333. The smallest absolute Gasteiger partial charge is 0.0713 e. The summed E-state index contributed by atoms with van der Waals surface area (Å²) in [4.78, 5) is 0. The van der Waals surface area contributed by atoms with Crippen LogP contribution in [0.25, 0.3) is 0 Å². The van der Waals surface area contributed by atoms with Crippen LogP contribution in [0.2, 0.25) is 0 Å². The highest BCUT2D eigenvalue weighted by Gasteiger charge is 2.01. The zero-order valence-corrected chi connectivity index (χ0v) is 7.42. The number of anilines is 2. The Labute approximate surface area is 72.3 Å². The second-order valence-corrected chi connectivity index (χ2v) is 2.85. The standard InChI is InChI=1S/C9H14N2O/c1-6-3-7(5-12-2)4-8(10)9(6)11/h3-4H,5,10-11H2,1-2H3. The monoisotopic (exact) mass is 166 g/mol. The third-order valence-corrected chi connectivity index (χ3v) is 1.79. The van der Waals surface area contributed by atoms with Crippen molar-refractivity contribution in [3.63, 3.8) is 0 Å². The molecule has 1 aromatic rings. The Balaban J connectivity index is 3.04. The summed E-state index contributed by atoms with van der Waals surface area (Å²) in [5.41, 5.74) is 14.7. The molecular formula is C9H14N2O. The molecule has 0 bridgehead atoms. The molecule has 0 radical (unpaired) electrons. The van der Waals surface area contributed by atoms with Gasteiger partial charge in [-0.3, -0.25) is 0 Å². The van der Waals surface area contributed by atoms with Gasteiger partial charge < -0.3 is 16.2 Å². The first-order valence-electron chi connectivity index (χ1n) is 3.78. The Morgan fingerprint density at radius 1 is 1.33 bits per heavy atom. The van der Waals surface area contributed by atoms with Gasteiger partial charge in [-0.1, -0.05) is 6.07 Å². The molecule has 12 heavy (non-hydrogen) atoms. The van der Waals surface area contributed by atoms with Crippen molar-refractivity contribution in [1.29, 1.82) is 0 Å². The van der Waals surface area contributed by atoms with E-state index in [2.05, 4.69) is 0 Å². The van der Waals surface area contributed by atoms with Crippen LogP contribution in [0.3, 0.4) is 0 Å². The Morgan fingerprint density at radius 2 is 2.00 bits per heavy atom. The van der Waals surface area contributed by atoms with Crippen LogP contribution in [0, 0.1) is 6.92 Å². The van der Waals surface area contributed by atoms with Crippen molar-refractivity contribution in [3.8, 4) is 0 Å². The Hall–Kier alpha value is -1.22. The van der Waals surface area contributed by atoms with Gasteiger partial charge in [0.2, 0.25) is 0 Å². The number of methoxy groups -OCH3 is 1. The van der Waals surface area contributed by atoms with E-state index in [0.29, 0.717) is 18.0 Å². The number of benzene rings is 1. The summed E-state index contributed by atoms with van der Waals surface area (Å²) in [6, 6.07) is 3.82. The van der Waals surface area contributed by atoms with E-state index in [1.807, 2.05) is 19.1 Å². The molecular weight excluding hydrogens is 152 g/mol. The third kappa shape index (κ3) is 1.68. The normalized spacial score (nSPS) is 10.2. The molecule has 0 aliphatic heterocycles.